The number of nitriles is 1. The molecule has 21 heavy (non-hydrogen) atoms. The Morgan fingerprint density at radius 3 is 2.52 bits per heavy atom. The third kappa shape index (κ3) is 4.24. The summed E-state index contributed by atoms with van der Waals surface area (Å²) in [6.07, 6.45) is 1.41. The maximum atomic E-state index is 13.3. The minimum Gasteiger partial charge on any atom is -0.415 e. The number of rotatable bonds is 3. The van der Waals surface area contributed by atoms with E-state index in [1.807, 2.05) is 13.8 Å². The van der Waals surface area contributed by atoms with Crippen LogP contribution in [0.25, 0.3) is 5.69 Å². The first-order valence-electron chi connectivity index (χ1n) is 6.21. The number of nitrogens with zero attached hydrogens (tertiary/aromatic N) is 3. The topological polar surface area (TPSA) is 50.8 Å². The van der Waals surface area contributed by atoms with Gasteiger partial charge < -0.3 is 4.74 Å². The first-order chi connectivity index (χ1) is 9.99. The van der Waals surface area contributed by atoms with Gasteiger partial charge in [-0.25, -0.2) is 9.07 Å². The summed E-state index contributed by atoms with van der Waals surface area (Å²) < 4.78 is 42.9. The van der Waals surface area contributed by atoms with Gasteiger partial charge in [0.2, 0.25) is 5.88 Å². The van der Waals surface area contributed by atoms with Gasteiger partial charge in [0.05, 0.1) is 17.3 Å². The van der Waals surface area contributed by atoms with E-state index in [0.29, 0.717) is 5.56 Å². The average Bonchev–Trinajstić information content (AvgIpc) is 2.81. The number of halogens is 3. The van der Waals surface area contributed by atoms with E-state index in [2.05, 4.69) is 9.84 Å². The fourth-order valence-corrected chi connectivity index (χ4v) is 1.55. The van der Waals surface area contributed by atoms with E-state index in [0.717, 1.165) is 12.1 Å². The highest BCUT2D eigenvalue weighted by atomic mass is 19.3. The highest BCUT2D eigenvalue weighted by Crippen LogP contribution is 2.20. The number of hydrogen-bond donors (Lipinski definition) is 0. The predicted octanol–water partition coefficient (Wildman–Crippen LogP) is 3.82. The van der Waals surface area contributed by atoms with E-state index in [1.165, 1.54) is 23.9 Å². The average molecular weight is 297 g/mol. The van der Waals surface area contributed by atoms with Crippen molar-refractivity contribution in [2.45, 2.75) is 27.4 Å². The van der Waals surface area contributed by atoms with E-state index < -0.39 is 12.4 Å². The molecule has 0 N–H and O–H groups in total. The van der Waals surface area contributed by atoms with Crippen LogP contribution in [0.1, 0.15) is 25.0 Å². The molecule has 0 amide bonds. The Kier molecular flexibility index (Phi) is 5.79. The van der Waals surface area contributed by atoms with Crippen LogP contribution in [0.5, 0.6) is 5.88 Å². The Balaban J connectivity index is 0.00000106. The van der Waals surface area contributed by atoms with Gasteiger partial charge in [-0.05, 0) is 25.1 Å². The molecule has 0 atom stereocenters. The summed E-state index contributed by atoms with van der Waals surface area (Å²) in [5.41, 5.74) is 0.742. The normalized spacial score (nSPS) is 9.81. The number of benzene rings is 1. The van der Waals surface area contributed by atoms with Crippen molar-refractivity contribution < 1.29 is 17.9 Å². The highest BCUT2D eigenvalue weighted by Gasteiger charge is 2.13. The Bertz CT molecular complexity index is 647. The molecule has 0 saturated carbocycles. The molecule has 1 heterocycles. The lowest BCUT2D eigenvalue weighted by Gasteiger charge is -2.02. The molecule has 0 aliphatic rings. The van der Waals surface area contributed by atoms with Gasteiger partial charge in [-0.2, -0.15) is 14.0 Å². The van der Waals surface area contributed by atoms with Gasteiger partial charge in [0, 0.05) is 11.8 Å². The van der Waals surface area contributed by atoms with Crippen molar-refractivity contribution >= 4 is 0 Å². The van der Waals surface area contributed by atoms with Crippen LogP contribution in [-0.4, -0.2) is 16.4 Å². The van der Waals surface area contributed by atoms with E-state index in [9.17, 15) is 13.2 Å². The van der Waals surface area contributed by atoms with Crippen molar-refractivity contribution in [1.29, 1.82) is 5.26 Å². The second-order valence-corrected chi connectivity index (χ2v) is 3.75. The molecule has 0 unspecified atom stereocenters. The van der Waals surface area contributed by atoms with Gasteiger partial charge >= 0.3 is 6.61 Å². The summed E-state index contributed by atoms with van der Waals surface area (Å²) in [6, 6.07) is 5.39. The molecule has 2 rings (SSSR count). The lowest BCUT2D eigenvalue weighted by molar-refractivity contribution is -0.0534. The van der Waals surface area contributed by atoms with Crippen LogP contribution in [-0.2, 0) is 0 Å². The SMILES string of the molecule is CC.Cc1cn(-c2cc(F)cc(C#N)c2)nc1OC(F)F. The van der Waals surface area contributed by atoms with E-state index in [1.54, 1.807) is 6.07 Å². The van der Waals surface area contributed by atoms with Gasteiger partial charge in [0.1, 0.15) is 5.82 Å². The van der Waals surface area contributed by atoms with Gasteiger partial charge in [0.25, 0.3) is 0 Å². The van der Waals surface area contributed by atoms with Crippen LogP contribution < -0.4 is 4.74 Å². The summed E-state index contributed by atoms with van der Waals surface area (Å²) in [5.74, 6) is -0.851. The second kappa shape index (κ2) is 7.33. The lowest BCUT2D eigenvalue weighted by atomic mass is 10.2. The Morgan fingerprint density at radius 2 is 1.95 bits per heavy atom. The number of alkyl halides is 2. The summed E-state index contributed by atoms with van der Waals surface area (Å²) in [5, 5.41) is 12.5. The number of aromatic nitrogens is 2. The smallest absolute Gasteiger partial charge is 0.388 e. The van der Waals surface area contributed by atoms with Crippen LogP contribution in [0, 0.1) is 24.1 Å². The first kappa shape index (κ1) is 16.6. The summed E-state index contributed by atoms with van der Waals surface area (Å²) >= 11 is 0. The standard InChI is InChI=1S/C12H8F3N3O.C2H6/c1-7-6-18(17-11(7)19-12(14)15)10-3-8(5-16)2-9(13)4-10;1-2/h2-4,6,12H,1H3;1-2H3. The number of hydrogen-bond acceptors (Lipinski definition) is 3. The van der Waals surface area contributed by atoms with Gasteiger partial charge in [-0.1, -0.05) is 13.8 Å². The molecular weight excluding hydrogens is 283 g/mol. The first-order valence-corrected chi connectivity index (χ1v) is 6.21. The number of ether oxygens (including phenoxy) is 1. The minimum absolute atomic E-state index is 0.111. The lowest BCUT2D eigenvalue weighted by Crippen LogP contribution is -2.04. The van der Waals surface area contributed by atoms with Crippen LogP contribution in [0.2, 0.25) is 0 Å². The molecule has 0 aliphatic heterocycles. The number of aryl methyl sites for hydroxylation is 1. The molecule has 7 heteroatoms. The second-order valence-electron chi connectivity index (χ2n) is 3.75. The molecule has 1 aromatic carbocycles. The van der Waals surface area contributed by atoms with Crippen LogP contribution in [0.3, 0.4) is 0 Å². The van der Waals surface area contributed by atoms with E-state index >= 15 is 0 Å². The quantitative estimate of drug-likeness (QED) is 0.865. The van der Waals surface area contributed by atoms with Crippen molar-refractivity contribution in [2.24, 2.45) is 0 Å². The molecule has 0 bridgehead atoms. The zero-order chi connectivity index (χ0) is 16.0. The predicted molar refractivity (Wildman–Crippen MR) is 71.0 cm³/mol. The van der Waals surface area contributed by atoms with E-state index in [-0.39, 0.29) is 17.1 Å². The maximum absolute atomic E-state index is 13.3. The minimum atomic E-state index is -2.98. The maximum Gasteiger partial charge on any atom is 0.388 e. The van der Waals surface area contributed by atoms with E-state index in [4.69, 9.17) is 5.26 Å². The molecule has 4 nitrogen and oxygen atoms in total. The Hall–Kier alpha value is -2.49. The molecule has 0 spiro atoms. The summed E-state index contributed by atoms with van der Waals surface area (Å²) in [6.45, 7) is 2.55. The zero-order valence-electron chi connectivity index (χ0n) is 11.8. The van der Waals surface area contributed by atoms with Crippen molar-refractivity contribution in [3.05, 3.63) is 41.3 Å². The largest absolute Gasteiger partial charge is 0.415 e. The fourth-order valence-electron chi connectivity index (χ4n) is 1.55. The van der Waals surface area contributed by atoms with Crippen molar-refractivity contribution in [2.75, 3.05) is 0 Å². The van der Waals surface area contributed by atoms with Gasteiger partial charge in [-0.3, -0.25) is 0 Å². The van der Waals surface area contributed by atoms with Crippen LogP contribution in [0.15, 0.2) is 24.4 Å². The van der Waals surface area contributed by atoms with Crippen molar-refractivity contribution in [3.8, 4) is 17.6 Å². The van der Waals surface area contributed by atoms with Gasteiger partial charge in [-0.15, -0.1) is 5.10 Å². The molecular formula is C14H14F3N3O. The van der Waals surface area contributed by atoms with Crippen molar-refractivity contribution in [1.82, 2.24) is 9.78 Å². The third-order valence-corrected chi connectivity index (χ3v) is 2.33. The summed E-state index contributed by atoms with van der Waals surface area (Å²) in [4.78, 5) is 0. The highest BCUT2D eigenvalue weighted by molar-refractivity contribution is 5.42. The molecule has 2 aromatic rings. The molecule has 0 fully saturated rings. The molecule has 0 aliphatic carbocycles. The molecule has 0 radical (unpaired) electrons. The Morgan fingerprint density at radius 1 is 1.29 bits per heavy atom. The fraction of sp³-hybridized carbons (Fsp3) is 0.286. The van der Waals surface area contributed by atoms with Crippen LogP contribution >= 0.6 is 0 Å². The van der Waals surface area contributed by atoms with Crippen molar-refractivity contribution in [3.63, 3.8) is 0 Å². The summed E-state index contributed by atoms with van der Waals surface area (Å²) in [7, 11) is 0. The van der Waals surface area contributed by atoms with Gasteiger partial charge in [0.15, 0.2) is 0 Å². The Labute approximate surface area is 120 Å². The monoisotopic (exact) mass is 297 g/mol. The van der Waals surface area contributed by atoms with Crippen LogP contribution in [0.4, 0.5) is 13.2 Å². The molecule has 1 aromatic heterocycles. The molecule has 112 valence electrons. The molecule has 0 saturated heterocycles. The zero-order valence-corrected chi connectivity index (χ0v) is 11.8. The third-order valence-electron chi connectivity index (χ3n) is 2.33.